The minimum absolute atomic E-state index is 0.188. The SMILES string of the molecule is CCn1ncc(S(=O)(=O)Nc2ccc(-c3ccccc3OC)cc2)c1C. The van der Waals surface area contributed by atoms with Gasteiger partial charge in [-0.15, -0.1) is 0 Å². The van der Waals surface area contributed by atoms with Crippen LogP contribution in [0.1, 0.15) is 12.6 Å². The lowest BCUT2D eigenvalue weighted by molar-refractivity contribution is 0.416. The van der Waals surface area contributed by atoms with Gasteiger partial charge in [0, 0.05) is 17.8 Å². The van der Waals surface area contributed by atoms with Gasteiger partial charge < -0.3 is 4.74 Å². The van der Waals surface area contributed by atoms with Crippen LogP contribution in [-0.2, 0) is 16.6 Å². The first-order valence-electron chi connectivity index (χ1n) is 8.25. The van der Waals surface area contributed by atoms with Crippen molar-refractivity contribution in [2.45, 2.75) is 25.3 Å². The van der Waals surface area contributed by atoms with E-state index in [1.165, 1.54) is 6.20 Å². The Morgan fingerprint density at radius 3 is 2.42 bits per heavy atom. The van der Waals surface area contributed by atoms with Crippen molar-refractivity contribution >= 4 is 15.7 Å². The number of anilines is 1. The van der Waals surface area contributed by atoms with Crippen LogP contribution in [0.15, 0.2) is 59.6 Å². The molecule has 0 saturated heterocycles. The summed E-state index contributed by atoms with van der Waals surface area (Å²) < 4.78 is 34.9. The van der Waals surface area contributed by atoms with Gasteiger partial charge in [0.05, 0.1) is 19.0 Å². The van der Waals surface area contributed by atoms with Crippen molar-refractivity contribution < 1.29 is 13.2 Å². The van der Waals surface area contributed by atoms with Crippen molar-refractivity contribution in [3.05, 3.63) is 60.4 Å². The third-order valence-corrected chi connectivity index (χ3v) is 5.69. The maximum atomic E-state index is 12.6. The quantitative estimate of drug-likeness (QED) is 0.717. The maximum Gasteiger partial charge on any atom is 0.265 e. The summed E-state index contributed by atoms with van der Waals surface area (Å²) in [6.07, 6.45) is 1.38. The van der Waals surface area contributed by atoms with Gasteiger partial charge >= 0.3 is 0 Å². The summed E-state index contributed by atoms with van der Waals surface area (Å²) >= 11 is 0. The normalized spacial score (nSPS) is 11.3. The summed E-state index contributed by atoms with van der Waals surface area (Å²) in [6, 6.07) is 14.9. The summed E-state index contributed by atoms with van der Waals surface area (Å²) in [5.41, 5.74) is 3.00. The zero-order chi connectivity index (χ0) is 18.7. The van der Waals surface area contributed by atoms with Crippen LogP contribution in [0.4, 0.5) is 5.69 Å². The first-order valence-corrected chi connectivity index (χ1v) is 9.73. The number of hydrogen-bond acceptors (Lipinski definition) is 4. The molecule has 0 aliphatic rings. The van der Waals surface area contributed by atoms with Crippen LogP contribution in [0.5, 0.6) is 5.75 Å². The topological polar surface area (TPSA) is 73.2 Å². The largest absolute Gasteiger partial charge is 0.496 e. The summed E-state index contributed by atoms with van der Waals surface area (Å²) in [7, 11) is -2.06. The van der Waals surface area contributed by atoms with Gasteiger partial charge in [0.1, 0.15) is 10.6 Å². The highest BCUT2D eigenvalue weighted by Gasteiger charge is 2.20. The molecule has 0 unspecified atom stereocenters. The van der Waals surface area contributed by atoms with E-state index in [2.05, 4.69) is 9.82 Å². The number of sulfonamides is 1. The van der Waals surface area contributed by atoms with E-state index in [1.807, 2.05) is 43.3 Å². The van der Waals surface area contributed by atoms with E-state index in [-0.39, 0.29) is 4.90 Å². The highest BCUT2D eigenvalue weighted by Crippen LogP contribution is 2.30. The molecule has 2 aromatic carbocycles. The van der Waals surface area contributed by atoms with E-state index >= 15 is 0 Å². The number of nitrogens with zero attached hydrogens (tertiary/aromatic N) is 2. The molecule has 0 amide bonds. The molecule has 0 fully saturated rings. The molecule has 136 valence electrons. The summed E-state index contributed by atoms with van der Waals surface area (Å²) in [5.74, 6) is 0.767. The third kappa shape index (κ3) is 3.43. The van der Waals surface area contributed by atoms with Gasteiger partial charge in [-0.25, -0.2) is 8.42 Å². The van der Waals surface area contributed by atoms with Crippen LogP contribution in [0.3, 0.4) is 0 Å². The van der Waals surface area contributed by atoms with Crippen LogP contribution in [-0.4, -0.2) is 25.3 Å². The predicted octanol–water partition coefficient (Wildman–Crippen LogP) is 3.69. The van der Waals surface area contributed by atoms with Crippen molar-refractivity contribution in [1.82, 2.24) is 9.78 Å². The van der Waals surface area contributed by atoms with Gasteiger partial charge in [-0.05, 0) is 37.6 Å². The van der Waals surface area contributed by atoms with E-state index in [1.54, 1.807) is 30.8 Å². The lowest BCUT2D eigenvalue weighted by Gasteiger charge is -2.11. The fourth-order valence-electron chi connectivity index (χ4n) is 2.82. The molecule has 0 spiro atoms. The van der Waals surface area contributed by atoms with E-state index in [9.17, 15) is 8.42 Å². The molecule has 0 aliphatic heterocycles. The molecule has 3 rings (SSSR count). The standard InChI is InChI=1S/C19H21N3O3S/c1-4-22-14(2)19(13-20-22)26(23,24)21-16-11-9-15(10-12-16)17-7-5-6-8-18(17)25-3/h5-13,21H,4H2,1-3H3. The molecule has 0 atom stereocenters. The number of benzene rings is 2. The van der Waals surface area contributed by atoms with Crippen molar-refractivity contribution in [3.63, 3.8) is 0 Å². The second kappa shape index (κ2) is 7.21. The van der Waals surface area contributed by atoms with Gasteiger partial charge in [-0.3, -0.25) is 9.40 Å². The van der Waals surface area contributed by atoms with E-state index < -0.39 is 10.0 Å². The zero-order valence-corrected chi connectivity index (χ0v) is 15.7. The smallest absolute Gasteiger partial charge is 0.265 e. The Hall–Kier alpha value is -2.80. The summed E-state index contributed by atoms with van der Waals surface area (Å²) in [4.78, 5) is 0.188. The fourth-order valence-corrected chi connectivity index (χ4v) is 4.06. The van der Waals surface area contributed by atoms with Crippen molar-refractivity contribution in [3.8, 4) is 16.9 Å². The molecule has 3 aromatic rings. The predicted molar refractivity (Wildman–Crippen MR) is 102 cm³/mol. The number of ether oxygens (including phenoxy) is 1. The van der Waals surface area contributed by atoms with E-state index in [4.69, 9.17) is 4.74 Å². The molecule has 1 N–H and O–H groups in total. The van der Waals surface area contributed by atoms with Crippen LogP contribution in [0.2, 0.25) is 0 Å². The number of methoxy groups -OCH3 is 1. The van der Waals surface area contributed by atoms with Gasteiger partial charge in [0.25, 0.3) is 10.0 Å². The van der Waals surface area contributed by atoms with Gasteiger partial charge in [-0.1, -0.05) is 30.3 Å². The zero-order valence-electron chi connectivity index (χ0n) is 14.9. The molecule has 0 radical (unpaired) electrons. The molecule has 26 heavy (non-hydrogen) atoms. The van der Waals surface area contributed by atoms with Crippen molar-refractivity contribution in [2.24, 2.45) is 0 Å². The summed E-state index contributed by atoms with van der Waals surface area (Å²) in [5, 5.41) is 4.10. The Bertz CT molecular complexity index is 1010. The number of para-hydroxylation sites is 1. The number of hydrogen-bond donors (Lipinski definition) is 1. The first-order chi connectivity index (χ1) is 12.5. The Morgan fingerprint density at radius 2 is 1.81 bits per heavy atom. The van der Waals surface area contributed by atoms with Crippen molar-refractivity contribution in [2.75, 3.05) is 11.8 Å². The Morgan fingerprint density at radius 1 is 1.12 bits per heavy atom. The summed E-state index contributed by atoms with van der Waals surface area (Å²) in [6.45, 7) is 4.28. The molecule has 0 bridgehead atoms. The lowest BCUT2D eigenvalue weighted by Crippen LogP contribution is -2.14. The third-order valence-electron chi connectivity index (χ3n) is 4.20. The number of aryl methyl sites for hydroxylation is 1. The molecule has 7 heteroatoms. The average Bonchev–Trinajstić information content (AvgIpc) is 3.03. The number of rotatable bonds is 6. The van der Waals surface area contributed by atoms with Crippen molar-refractivity contribution in [1.29, 1.82) is 0 Å². The average molecular weight is 371 g/mol. The molecule has 1 heterocycles. The molecule has 0 saturated carbocycles. The highest BCUT2D eigenvalue weighted by molar-refractivity contribution is 7.92. The molecular weight excluding hydrogens is 350 g/mol. The number of nitrogens with one attached hydrogen (secondary N) is 1. The minimum atomic E-state index is -3.68. The lowest BCUT2D eigenvalue weighted by atomic mass is 10.0. The van der Waals surface area contributed by atoms with Gasteiger partial charge in [-0.2, -0.15) is 5.10 Å². The second-order valence-corrected chi connectivity index (χ2v) is 7.44. The minimum Gasteiger partial charge on any atom is -0.496 e. The van der Waals surface area contributed by atoms with Crippen LogP contribution in [0, 0.1) is 6.92 Å². The Labute approximate surface area is 153 Å². The molecule has 1 aromatic heterocycles. The Balaban J connectivity index is 1.86. The van der Waals surface area contributed by atoms with E-state index in [0.717, 1.165) is 16.9 Å². The van der Waals surface area contributed by atoms with Gasteiger partial charge in [0.2, 0.25) is 0 Å². The van der Waals surface area contributed by atoms with Crippen LogP contribution in [0.25, 0.3) is 11.1 Å². The maximum absolute atomic E-state index is 12.6. The fraction of sp³-hybridized carbons (Fsp3) is 0.211. The molecular formula is C19H21N3O3S. The van der Waals surface area contributed by atoms with Crippen LogP contribution < -0.4 is 9.46 Å². The van der Waals surface area contributed by atoms with E-state index in [0.29, 0.717) is 17.9 Å². The Kier molecular flexibility index (Phi) is 4.99. The second-order valence-electron chi connectivity index (χ2n) is 5.79. The van der Waals surface area contributed by atoms with Crippen LogP contribution >= 0.6 is 0 Å². The first kappa shape index (κ1) is 18.0. The van der Waals surface area contributed by atoms with Gasteiger partial charge in [0.15, 0.2) is 0 Å². The molecule has 6 nitrogen and oxygen atoms in total. The number of aromatic nitrogens is 2. The monoisotopic (exact) mass is 371 g/mol. The molecule has 0 aliphatic carbocycles. The highest BCUT2D eigenvalue weighted by atomic mass is 32.2.